The maximum atomic E-state index is 12.5. The Morgan fingerprint density at radius 3 is 2.59 bits per heavy atom. The zero-order valence-corrected chi connectivity index (χ0v) is 20.3. The van der Waals surface area contributed by atoms with Gasteiger partial charge in [-0.25, -0.2) is 4.79 Å². The molecule has 8 heteroatoms. The van der Waals surface area contributed by atoms with Crippen LogP contribution in [0.2, 0.25) is 5.02 Å². The number of ether oxygens (including phenoxy) is 2. The summed E-state index contributed by atoms with van der Waals surface area (Å²) >= 11 is 5.84. The number of rotatable bonds is 6. The fourth-order valence-corrected chi connectivity index (χ4v) is 3.83. The molecule has 178 valence electrons. The Labute approximate surface area is 203 Å². The molecule has 0 fully saturated rings. The van der Waals surface area contributed by atoms with Gasteiger partial charge in [-0.3, -0.25) is 14.7 Å². The molecule has 3 heterocycles. The topological polar surface area (TPSA) is 73.7 Å². The van der Waals surface area contributed by atoms with E-state index in [0.29, 0.717) is 36.8 Å². The Hall–Kier alpha value is -3.32. The highest BCUT2D eigenvalue weighted by atomic mass is 35.5. The summed E-state index contributed by atoms with van der Waals surface area (Å²) in [4.78, 5) is 30.8. The van der Waals surface area contributed by atoms with Gasteiger partial charge in [0.05, 0.1) is 10.7 Å². The number of pyridine rings is 2. The standard InChI is InChI=1S/C26H28ClN3O4/c1-26(2,3)34-25(32)30-15-19-5-4-18(12-20(19)16-30)8-10-29-11-9-23(13-24(29)31)33-17-22-7-6-21(27)14-28-22/h4-7,9,11-14H,8,10,15-17H2,1-3H3. The van der Waals surface area contributed by atoms with Crippen LogP contribution in [0, 0.1) is 0 Å². The number of aromatic nitrogens is 2. The van der Waals surface area contributed by atoms with Crippen LogP contribution in [0.4, 0.5) is 4.79 Å². The highest BCUT2D eigenvalue weighted by Gasteiger charge is 2.27. The summed E-state index contributed by atoms with van der Waals surface area (Å²) < 4.78 is 12.8. The fourth-order valence-electron chi connectivity index (χ4n) is 3.72. The number of halogens is 1. The van der Waals surface area contributed by atoms with E-state index in [1.165, 1.54) is 6.07 Å². The van der Waals surface area contributed by atoms with Crippen molar-refractivity contribution in [3.63, 3.8) is 0 Å². The van der Waals surface area contributed by atoms with Gasteiger partial charge in [-0.1, -0.05) is 29.8 Å². The highest BCUT2D eigenvalue weighted by Crippen LogP contribution is 2.26. The number of benzene rings is 1. The van der Waals surface area contributed by atoms with E-state index in [2.05, 4.69) is 23.2 Å². The molecule has 1 aliphatic rings. The number of amides is 1. The molecule has 4 rings (SSSR count). The summed E-state index contributed by atoms with van der Waals surface area (Å²) in [5.74, 6) is 0.498. The Morgan fingerprint density at radius 1 is 1.09 bits per heavy atom. The zero-order chi connectivity index (χ0) is 24.3. The Bertz CT molecular complexity index is 1230. The van der Waals surface area contributed by atoms with E-state index in [-0.39, 0.29) is 18.3 Å². The van der Waals surface area contributed by atoms with Gasteiger partial charge in [0.1, 0.15) is 18.0 Å². The largest absolute Gasteiger partial charge is 0.487 e. The number of carbonyl (C=O) groups excluding carboxylic acids is 1. The van der Waals surface area contributed by atoms with Crippen LogP contribution in [0.25, 0.3) is 0 Å². The maximum Gasteiger partial charge on any atom is 0.410 e. The lowest BCUT2D eigenvalue weighted by molar-refractivity contribution is 0.0242. The van der Waals surface area contributed by atoms with E-state index in [4.69, 9.17) is 21.1 Å². The van der Waals surface area contributed by atoms with Gasteiger partial charge in [0, 0.05) is 38.1 Å². The van der Waals surface area contributed by atoms with Crippen molar-refractivity contribution in [2.24, 2.45) is 0 Å². The number of carbonyl (C=O) groups is 1. The first-order chi connectivity index (χ1) is 16.2. The third kappa shape index (κ3) is 6.17. The molecule has 7 nitrogen and oxygen atoms in total. The van der Waals surface area contributed by atoms with E-state index in [9.17, 15) is 9.59 Å². The van der Waals surface area contributed by atoms with Crippen molar-refractivity contribution in [3.8, 4) is 5.75 Å². The molecule has 1 aliphatic heterocycles. The lowest BCUT2D eigenvalue weighted by Crippen LogP contribution is -2.33. The van der Waals surface area contributed by atoms with Gasteiger partial charge in [0.2, 0.25) is 0 Å². The first-order valence-electron chi connectivity index (χ1n) is 11.2. The number of fused-ring (bicyclic) bond motifs is 1. The summed E-state index contributed by atoms with van der Waals surface area (Å²) in [5, 5.41) is 0.565. The van der Waals surface area contributed by atoms with Gasteiger partial charge in [-0.15, -0.1) is 0 Å². The molecule has 2 aromatic heterocycles. The number of nitrogens with zero attached hydrogens (tertiary/aromatic N) is 3. The smallest absolute Gasteiger partial charge is 0.410 e. The minimum absolute atomic E-state index is 0.126. The van der Waals surface area contributed by atoms with Crippen LogP contribution in [-0.2, 0) is 37.4 Å². The molecular weight excluding hydrogens is 454 g/mol. The highest BCUT2D eigenvalue weighted by molar-refractivity contribution is 6.30. The minimum Gasteiger partial charge on any atom is -0.487 e. The van der Waals surface area contributed by atoms with Crippen molar-refractivity contribution < 1.29 is 14.3 Å². The molecule has 0 bridgehead atoms. The van der Waals surface area contributed by atoms with E-state index in [1.807, 2.05) is 20.8 Å². The van der Waals surface area contributed by atoms with Crippen molar-refractivity contribution >= 4 is 17.7 Å². The third-order valence-corrected chi connectivity index (χ3v) is 5.65. The summed E-state index contributed by atoms with van der Waals surface area (Å²) in [6.45, 7) is 7.49. The normalized spacial score (nSPS) is 13.0. The van der Waals surface area contributed by atoms with Crippen molar-refractivity contribution in [2.45, 2.75) is 59.0 Å². The van der Waals surface area contributed by atoms with Crippen molar-refractivity contribution in [3.05, 3.63) is 92.6 Å². The Morgan fingerprint density at radius 2 is 1.88 bits per heavy atom. The average Bonchev–Trinajstić information content (AvgIpc) is 3.21. The first kappa shape index (κ1) is 23.8. The second-order valence-electron chi connectivity index (χ2n) is 9.34. The lowest BCUT2D eigenvalue weighted by Gasteiger charge is -2.24. The maximum absolute atomic E-state index is 12.5. The van der Waals surface area contributed by atoms with E-state index >= 15 is 0 Å². The van der Waals surface area contributed by atoms with Crippen LogP contribution in [0.5, 0.6) is 5.75 Å². The molecule has 0 saturated carbocycles. The fraction of sp³-hybridized carbons (Fsp3) is 0.346. The van der Waals surface area contributed by atoms with Gasteiger partial charge in [-0.2, -0.15) is 0 Å². The van der Waals surface area contributed by atoms with Crippen LogP contribution < -0.4 is 10.3 Å². The molecule has 0 N–H and O–H groups in total. The summed E-state index contributed by atoms with van der Waals surface area (Å²) in [7, 11) is 0. The van der Waals surface area contributed by atoms with Crippen molar-refractivity contribution in [2.75, 3.05) is 0 Å². The lowest BCUT2D eigenvalue weighted by atomic mass is 10.0. The van der Waals surface area contributed by atoms with Crippen LogP contribution in [0.3, 0.4) is 0 Å². The SMILES string of the molecule is CC(C)(C)OC(=O)N1Cc2ccc(CCn3ccc(OCc4ccc(Cl)cn4)cc3=O)cc2C1. The summed E-state index contributed by atoms with van der Waals surface area (Å²) in [6, 6.07) is 13.0. The van der Waals surface area contributed by atoms with Crippen LogP contribution in [0.15, 0.2) is 59.7 Å². The number of aryl methyl sites for hydroxylation is 2. The van der Waals surface area contributed by atoms with E-state index in [1.54, 1.807) is 40.1 Å². The monoisotopic (exact) mass is 481 g/mol. The quantitative estimate of drug-likeness (QED) is 0.497. The molecule has 0 aliphatic carbocycles. The second kappa shape index (κ2) is 9.89. The van der Waals surface area contributed by atoms with Crippen LogP contribution >= 0.6 is 11.6 Å². The van der Waals surface area contributed by atoms with Gasteiger partial charge in [0.15, 0.2) is 0 Å². The average molecular weight is 482 g/mol. The molecule has 1 aromatic carbocycles. The molecule has 3 aromatic rings. The summed E-state index contributed by atoms with van der Waals surface area (Å²) in [6.07, 6.45) is 3.71. The molecule has 0 saturated heterocycles. The second-order valence-corrected chi connectivity index (χ2v) is 9.78. The van der Waals surface area contributed by atoms with Crippen molar-refractivity contribution in [1.29, 1.82) is 0 Å². The molecule has 0 radical (unpaired) electrons. The van der Waals surface area contributed by atoms with Gasteiger partial charge in [0.25, 0.3) is 5.56 Å². The molecule has 0 unspecified atom stereocenters. The van der Waals surface area contributed by atoms with E-state index in [0.717, 1.165) is 22.4 Å². The van der Waals surface area contributed by atoms with Crippen LogP contribution in [-0.4, -0.2) is 26.1 Å². The zero-order valence-electron chi connectivity index (χ0n) is 19.6. The van der Waals surface area contributed by atoms with Crippen molar-refractivity contribution in [1.82, 2.24) is 14.5 Å². The van der Waals surface area contributed by atoms with Crippen LogP contribution in [0.1, 0.15) is 43.2 Å². The minimum atomic E-state index is -0.516. The molecule has 34 heavy (non-hydrogen) atoms. The van der Waals surface area contributed by atoms with Gasteiger partial charge < -0.3 is 14.0 Å². The third-order valence-electron chi connectivity index (χ3n) is 5.43. The first-order valence-corrected chi connectivity index (χ1v) is 11.6. The number of hydrogen-bond acceptors (Lipinski definition) is 5. The summed E-state index contributed by atoms with van der Waals surface area (Å²) in [5.41, 5.74) is 3.45. The molecule has 0 atom stereocenters. The predicted octanol–water partition coefficient (Wildman–Crippen LogP) is 4.97. The predicted molar refractivity (Wildman–Crippen MR) is 130 cm³/mol. The Balaban J connectivity index is 1.33. The van der Waals surface area contributed by atoms with E-state index < -0.39 is 5.60 Å². The molecular formula is C26H28ClN3O4. The molecule has 1 amide bonds. The van der Waals surface area contributed by atoms with Gasteiger partial charge >= 0.3 is 6.09 Å². The van der Waals surface area contributed by atoms with Gasteiger partial charge in [-0.05, 0) is 62.1 Å². The Kier molecular flexibility index (Phi) is 6.93. The number of hydrogen-bond donors (Lipinski definition) is 0. The molecule has 0 spiro atoms.